The number of carbonyl (C=O) groups excluding carboxylic acids is 1. The van der Waals surface area contributed by atoms with E-state index in [1.165, 1.54) is 22.3 Å². The van der Waals surface area contributed by atoms with E-state index in [0.717, 1.165) is 34.6 Å². The molecule has 0 radical (unpaired) electrons. The Hall–Kier alpha value is -3.78. The van der Waals surface area contributed by atoms with E-state index in [1.54, 1.807) is 18.5 Å². The molecular weight excluding hydrogens is 456 g/mol. The molecule has 2 aliphatic heterocycles. The number of pyridine rings is 1. The lowest BCUT2D eigenvalue weighted by Crippen LogP contribution is -2.35. The van der Waals surface area contributed by atoms with Crippen LogP contribution in [0.5, 0.6) is 0 Å². The molecule has 0 bridgehead atoms. The third-order valence-electron chi connectivity index (χ3n) is 6.47. The molecule has 0 unspecified atom stereocenters. The first-order valence-electron chi connectivity index (χ1n) is 11.6. The summed E-state index contributed by atoms with van der Waals surface area (Å²) in [7, 11) is 0. The lowest BCUT2D eigenvalue weighted by Gasteiger charge is -2.20. The first kappa shape index (κ1) is 23.0. The Balaban J connectivity index is 1.47. The molecular formula is C27H26N6OS. The van der Waals surface area contributed by atoms with Crippen LogP contribution in [0.15, 0.2) is 70.5 Å². The van der Waals surface area contributed by atoms with E-state index in [1.807, 2.05) is 32.0 Å². The highest BCUT2D eigenvalue weighted by atomic mass is 32.2. The largest absolute Gasteiger partial charge is 0.318 e. The van der Waals surface area contributed by atoms with Crippen LogP contribution >= 0.6 is 11.8 Å². The molecule has 0 aliphatic carbocycles. The molecule has 5 rings (SSSR count). The van der Waals surface area contributed by atoms with E-state index in [0.29, 0.717) is 16.1 Å². The van der Waals surface area contributed by atoms with Crippen LogP contribution < -0.4 is 0 Å². The van der Waals surface area contributed by atoms with Gasteiger partial charge in [-0.15, -0.1) is 0 Å². The molecule has 7 nitrogen and oxygen atoms in total. The topological polar surface area (TPSA) is 86.7 Å². The number of benzene rings is 1. The van der Waals surface area contributed by atoms with Gasteiger partial charge in [-0.25, -0.2) is 0 Å². The maximum Gasteiger partial charge on any atom is 0.283 e. The van der Waals surface area contributed by atoms with Gasteiger partial charge >= 0.3 is 0 Å². The number of nitrogens with zero attached hydrogens (tertiary/aromatic N) is 5. The number of nitrogens with one attached hydrogen (secondary N) is 1. The SMILES string of the molecule is CC[C@H](C)c1ccc(-n2c(C)cc(/C=C3/C(=N)N4N=C(c5cccnc5)SC4=NC3=O)c2C)cc1. The molecule has 1 atom stereocenters. The van der Waals surface area contributed by atoms with Gasteiger partial charge in [0.25, 0.3) is 5.91 Å². The predicted octanol–water partition coefficient (Wildman–Crippen LogP) is 5.67. The molecule has 0 saturated carbocycles. The molecule has 8 heteroatoms. The molecule has 1 N–H and O–H groups in total. The third-order valence-corrected chi connectivity index (χ3v) is 7.42. The number of rotatable bonds is 5. The van der Waals surface area contributed by atoms with E-state index in [-0.39, 0.29) is 11.4 Å². The zero-order valence-corrected chi connectivity index (χ0v) is 20.9. The Morgan fingerprint density at radius 2 is 1.94 bits per heavy atom. The maximum atomic E-state index is 12.9. The van der Waals surface area contributed by atoms with E-state index in [9.17, 15) is 4.79 Å². The second-order valence-corrected chi connectivity index (χ2v) is 9.69. The summed E-state index contributed by atoms with van der Waals surface area (Å²) in [6.45, 7) is 8.50. The second kappa shape index (κ2) is 9.11. The first-order chi connectivity index (χ1) is 16.9. The van der Waals surface area contributed by atoms with E-state index in [2.05, 4.69) is 57.8 Å². The second-order valence-electron chi connectivity index (χ2n) is 8.73. The van der Waals surface area contributed by atoms with Crippen molar-refractivity contribution in [2.24, 2.45) is 10.1 Å². The van der Waals surface area contributed by atoms with Crippen molar-refractivity contribution in [3.05, 3.63) is 88.5 Å². The molecule has 2 aromatic heterocycles. The highest BCUT2D eigenvalue weighted by molar-refractivity contribution is 8.27. The van der Waals surface area contributed by atoms with Crippen molar-refractivity contribution < 1.29 is 4.79 Å². The van der Waals surface area contributed by atoms with E-state index in [4.69, 9.17) is 5.41 Å². The Kier molecular flexibility index (Phi) is 5.98. The molecule has 4 heterocycles. The molecule has 1 aromatic carbocycles. The summed E-state index contributed by atoms with van der Waals surface area (Å²) in [4.78, 5) is 21.2. The van der Waals surface area contributed by atoms with Gasteiger partial charge in [0.2, 0.25) is 5.17 Å². The number of amidine groups is 2. The molecule has 2 aliphatic rings. The van der Waals surface area contributed by atoms with Crippen LogP contribution in [-0.4, -0.2) is 36.5 Å². The Bertz CT molecular complexity index is 1420. The molecule has 0 saturated heterocycles. The zero-order valence-electron chi connectivity index (χ0n) is 20.1. The molecule has 3 aromatic rings. The maximum absolute atomic E-state index is 12.9. The number of aromatic nitrogens is 2. The normalized spacial score (nSPS) is 17.5. The third kappa shape index (κ3) is 4.14. The van der Waals surface area contributed by atoms with Gasteiger partial charge in [-0.3, -0.25) is 15.2 Å². The summed E-state index contributed by atoms with van der Waals surface area (Å²) in [6.07, 6.45) is 6.25. The zero-order chi connectivity index (χ0) is 24.7. The lowest BCUT2D eigenvalue weighted by atomic mass is 9.98. The Morgan fingerprint density at radius 1 is 1.17 bits per heavy atom. The van der Waals surface area contributed by atoms with Gasteiger partial charge < -0.3 is 4.57 Å². The highest BCUT2D eigenvalue weighted by Gasteiger charge is 2.36. The quantitative estimate of drug-likeness (QED) is 0.475. The summed E-state index contributed by atoms with van der Waals surface area (Å²) in [5, 5.41) is 15.7. The van der Waals surface area contributed by atoms with Gasteiger partial charge in [-0.05, 0) is 85.5 Å². The fraction of sp³-hybridized carbons (Fsp3) is 0.222. The van der Waals surface area contributed by atoms with Gasteiger partial charge in [0.15, 0.2) is 5.84 Å². The highest BCUT2D eigenvalue weighted by Crippen LogP contribution is 2.32. The summed E-state index contributed by atoms with van der Waals surface area (Å²) >= 11 is 1.27. The smallest absolute Gasteiger partial charge is 0.283 e. The standard InChI is InChI=1S/C27H26N6OS/c1-5-16(2)19-8-10-22(11-9-19)32-17(3)13-21(18(32)4)14-23-24(28)33-27(30-25(23)34)35-26(31-33)20-7-6-12-29-15-20/h6-16,28H,5H2,1-4H3/b23-14-,28-24?/t16-/m0/s1. The summed E-state index contributed by atoms with van der Waals surface area (Å²) < 4.78 is 2.17. The molecule has 35 heavy (non-hydrogen) atoms. The van der Waals surface area contributed by atoms with Crippen molar-refractivity contribution in [1.82, 2.24) is 14.6 Å². The van der Waals surface area contributed by atoms with Gasteiger partial charge in [-0.1, -0.05) is 26.0 Å². The minimum absolute atomic E-state index is 0.0223. The number of aliphatic imine (C=N–C) groups is 1. The summed E-state index contributed by atoms with van der Waals surface area (Å²) in [6, 6.07) is 14.4. The fourth-order valence-corrected chi connectivity index (χ4v) is 5.15. The number of hydrogen-bond acceptors (Lipinski definition) is 5. The van der Waals surface area contributed by atoms with Crippen LogP contribution in [-0.2, 0) is 4.79 Å². The number of amides is 1. The minimum Gasteiger partial charge on any atom is -0.318 e. The first-order valence-corrected chi connectivity index (χ1v) is 12.4. The number of aryl methyl sites for hydroxylation is 1. The van der Waals surface area contributed by atoms with Gasteiger partial charge in [0, 0.05) is 35.0 Å². The van der Waals surface area contributed by atoms with Crippen molar-refractivity contribution in [3.63, 3.8) is 0 Å². The minimum atomic E-state index is -0.431. The van der Waals surface area contributed by atoms with Crippen molar-refractivity contribution in [2.45, 2.75) is 40.0 Å². The van der Waals surface area contributed by atoms with E-state index >= 15 is 0 Å². The molecule has 176 valence electrons. The molecule has 0 fully saturated rings. The summed E-state index contributed by atoms with van der Waals surface area (Å²) in [5.41, 5.74) is 6.37. The number of fused-ring (bicyclic) bond motifs is 1. The average Bonchev–Trinajstić information content (AvgIpc) is 3.42. The summed E-state index contributed by atoms with van der Waals surface area (Å²) in [5.74, 6) is 0.114. The van der Waals surface area contributed by atoms with Crippen LogP contribution in [0.4, 0.5) is 0 Å². The van der Waals surface area contributed by atoms with E-state index < -0.39 is 5.91 Å². The van der Waals surface area contributed by atoms with Gasteiger partial charge in [0.05, 0.1) is 5.57 Å². The van der Waals surface area contributed by atoms with Gasteiger partial charge in [-0.2, -0.15) is 15.1 Å². The van der Waals surface area contributed by atoms with Crippen LogP contribution in [0, 0.1) is 19.3 Å². The lowest BCUT2D eigenvalue weighted by molar-refractivity contribution is -0.114. The predicted molar refractivity (Wildman–Crippen MR) is 142 cm³/mol. The van der Waals surface area contributed by atoms with Crippen molar-refractivity contribution in [3.8, 4) is 5.69 Å². The van der Waals surface area contributed by atoms with Crippen LogP contribution in [0.2, 0.25) is 0 Å². The van der Waals surface area contributed by atoms with Crippen LogP contribution in [0.1, 0.15) is 54.3 Å². The van der Waals surface area contributed by atoms with Gasteiger partial charge in [0.1, 0.15) is 5.04 Å². The number of thioether (sulfide) groups is 1. The molecule has 0 spiro atoms. The van der Waals surface area contributed by atoms with Crippen molar-refractivity contribution in [2.75, 3.05) is 0 Å². The Morgan fingerprint density at radius 3 is 2.63 bits per heavy atom. The fourth-order valence-electron chi connectivity index (χ4n) is 4.27. The monoisotopic (exact) mass is 482 g/mol. The molecule has 1 amide bonds. The number of carbonyl (C=O) groups is 1. The average molecular weight is 483 g/mol. The van der Waals surface area contributed by atoms with Crippen LogP contribution in [0.3, 0.4) is 0 Å². The van der Waals surface area contributed by atoms with Crippen LogP contribution in [0.25, 0.3) is 11.8 Å². The van der Waals surface area contributed by atoms with Crippen molar-refractivity contribution in [1.29, 1.82) is 5.41 Å². The Labute approximate surface area is 208 Å². The number of hydrogen-bond donors (Lipinski definition) is 1. The van der Waals surface area contributed by atoms with Crippen molar-refractivity contribution >= 4 is 39.8 Å². The number of hydrazone groups is 1.